The van der Waals surface area contributed by atoms with Gasteiger partial charge in [-0.1, -0.05) is 89.7 Å². The van der Waals surface area contributed by atoms with E-state index in [9.17, 15) is 10.2 Å². The Hall–Kier alpha value is -0.800. The van der Waals surface area contributed by atoms with Gasteiger partial charge in [0, 0.05) is 13.1 Å². The van der Waals surface area contributed by atoms with Gasteiger partial charge in [-0.05, 0) is 39.0 Å². The molecule has 0 amide bonds. The van der Waals surface area contributed by atoms with Crippen LogP contribution in [0.5, 0.6) is 0 Å². The minimum atomic E-state index is -0.390. The second kappa shape index (κ2) is 19.9. The zero-order valence-corrected chi connectivity index (χ0v) is 18.4. The van der Waals surface area contributed by atoms with Crippen LogP contribution in [-0.2, 0) is 0 Å². The molecule has 160 valence electrons. The lowest BCUT2D eigenvalue weighted by Gasteiger charge is -2.23. The van der Waals surface area contributed by atoms with E-state index < -0.39 is 12.2 Å². The van der Waals surface area contributed by atoms with E-state index in [2.05, 4.69) is 19.1 Å². The molecule has 0 radical (unpaired) electrons. The number of aliphatic hydroxyl groups is 2. The third-order valence-corrected chi connectivity index (χ3v) is 4.77. The quantitative estimate of drug-likeness (QED) is 0.206. The Balaban J connectivity index is 3.52. The predicted molar refractivity (Wildman–Crippen MR) is 119 cm³/mol. The number of hydrogen-bond acceptors (Lipinski definition) is 3. The fourth-order valence-corrected chi connectivity index (χ4v) is 3.32. The van der Waals surface area contributed by atoms with Gasteiger partial charge in [0.05, 0.1) is 12.2 Å². The lowest BCUT2D eigenvalue weighted by Crippen LogP contribution is -2.32. The molecule has 0 saturated carbocycles. The van der Waals surface area contributed by atoms with Crippen molar-refractivity contribution in [3.05, 3.63) is 24.4 Å². The summed E-state index contributed by atoms with van der Waals surface area (Å²) >= 11 is 0. The highest BCUT2D eigenvalue weighted by molar-refractivity contribution is 5.02. The molecule has 2 N–H and O–H groups in total. The van der Waals surface area contributed by atoms with Crippen LogP contribution in [0.25, 0.3) is 0 Å². The van der Waals surface area contributed by atoms with Crippen LogP contribution in [0.3, 0.4) is 0 Å². The Labute approximate surface area is 169 Å². The van der Waals surface area contributed by atoms with Crippen molar-refractivity contribution < 1.29 is 10.2 Å². The Bertz CT molecular complexity index is 340. The molecule has 0 aromatic rings. The summed E-state index contributed by atoms with van der Waals surface area (Å²) in [7, 11) is 0. The van der Waals surface area contributed by atoms with E-state index >= 15 is 0 Å². The van der Waals surface area contributed by atoms with Crippen molar-refractivity contribution in [3.8, 4) is 0 Å². The smallest absolute Gasteiger partial charge is 0.0686 e. The number of allylic oxidation sites excluding steroid dienone is 3. The van der Waals surface area contributed by atoms with Crippen LogP contribution < -0.4 is 0 Å². The van der Waals surface area contributed by atoms with Crippen LogP contribution >= 0.6 is 0 Å². The summed E-state index contributed by atoms with van der Waals surface area (Å²) in [4.78, 5) is 1.96. The van der Waals surface area contributed by atoms with Gasteiger partial charge in [0.1, 0.15) is 0 Å². The van der Waals surface area contributed by atoms with Gasteiger partial charge in [0.15, 0.2) is 0 Å². The average Bonchev–Trinajstić information content (AvgIpc) is 2.60. The van der Waals surface area contributed by atoms with Crippen molar-refractivity contribution in [2.75, 3.05) is 13.1 Å². The molecule has 2 unspecified atom stereocenters. The van der Waals surface area contributed by atoms with Crippen LogP contribution in [0.4, 0.5) is 0 Å². The fourth-order valence-electron chi connectivity index (χ4n) is 3.32. The lowest BCUT2D eigenvalue weighted by atomic mass is 10.0. The fraction of sp³-hybridized carbons (Fsp3) is 0.833. The molecule has 0 aliphatic heterocycles. The third kappa shape index (κ3) is 21.4. The molecule has 0 fully saturated rings. The third-order valence-electron chi connectivity index (χ3n) is 4.77. The molecule has 0 saturated heterocycles. The number of hydrogen-bond donors (Lipinski definition) is 2. The van der Waals surface area contributed by atoms with E-state index in [1.807, 2.05) is 17.2 Å². The number of aliphatic hydroxyl groups excluding tert-OH is 2. The van der Waals surface area contributed by atoms with Gasteiger partial charge in [-0.15, -0.1) is 0 Å². The summed E-state index contributed by atoms with van der Waals surface area (Å²) in [6.45, 7) is 6.92. The highest BCUT2D eigenvalue weighted by Crippen LogP contribution is 2.12. The highest BCUT2D eigenvalue weighted by atomic mass is 16.3. The van der Waals surface area contributed by atoms with E-state index in [0.717, 1.165) is 6.42 Å². The maximum Gasteiger partial charge on any atom is 0.0686 e. The first-order valence-electron chi connectivity index (χ1n) is 11.5. The van der Waals surface area contributed by atoms with Gasteiger partial charge in [0.2, 0.25) is 0 Å². The first-order chi connectivity index (χ1) is 13.1. The molecule has 27 heavy (non-hydrogen) atoms. The zero-order chi connectivity index (χ0) is 20.2. The van der Waals surface area contributed by atoms with Crippen LogP contribution in [0.2, 0.25) is 0 Å². The van der Waals surface area contributed by atoms with E-state index in [0.29, 0.717) is 13.1 Å². The van der Waals surface area contributed by atoms with Crippen molar-refractivity contribution in [1.82, 2.24) is 4.90 Å². The summed E-state index contributed by atoms with van der Waals surface area (Å²) in [6.07, 6.45) is 25.3. The average molecular weight is 382 g/mol. The van der Waals surface area contributed by atoms with Gasteiger partial charge >= 0.3 is 0 Å². The SMILES string of the molecule is CCCCCCCCCCCCCCC=CC=CN(CC(C)O)CC(C)O. The molecule has 0 aliphatic rings. The first kappa shape index (κ1) is 26.2. The van der Waals surface area contributed by atoms with E-state index in [-0.39, 0.29) is 0 Å². The van der Waals surface area contributed by atoms with Gasteiger partial charge in [-0.25, -0.2) is 0 Å². The summed E-state index contributed by atoms with van der Waals surface area (Å²) < 4.78 is 0. The molecule has 0 aliphatic carbocycles. The maximum atomic E-state index is 9.50. The van der Waals surface area contributed by atoms with Crippen LogP contribution in [0.15, 0.2) is 24.4 Å². The zero-order valence-electron chi connectivity index (χ0n) is 18.4. The van der Waals surface area contributed by atoms with Crippen molar-refractivity contribution in [3.63, 3.8) is 0 Å². The largest absolute Gasteiger partial charge is 0.392 e. The first-order valence-corrected chi connectivity index (χ1v) is 11.5. The maximum absolute atomic E-state index is 9.50. The predicted octanol–water partition coefficient (Wildman–Crippen LogP) is 6.21. The molecule has 0 bridgehead atoms. The Morgan fingerprint density at radius 2 is 1.11 bits per heavy atom. The molecule has 3 heteroatoms. The molecule has 3 nitrogen and oxygen atoms in total. The van der Waals surface area contributed by atoms with Crippen molar-refractivity contribution in [2.24, 2.45) is 0 Å². The van der Waals surface area contributed by atoms with Crippen LogP contribution in [-0.4, -0.2) is 40.4 Å². The minimum Gasteiger partial charge on any atom is -0.392 e. The van der Waals surface area contributed by atoms with E-state index in [4.69, 9.17) is 0 Å². The second-order valence-corrected chi connectivity index (χ2v) is 8.10. The number of unbranched alkanes of at least 4 members (excludes halogenated alkanes) is 12. The number of nitrogens with zero attached hydrogens (tertiary/aromatic N) is 1. The van der Waals surface area contributed by atoms with Gasteiger partial charge < -0.3 is 15.1 Å². The molecule has 0 heterocycles. The summed E-state index contributed by atoms with van der Waals surface area (Å²) in [6, 6.07) is 0. The minimum absolute atomic E-state index is 0.390. The van der Waals surface area contributed by atoms with Crippen molar-refractivity contribution in [2.45, 2.75) is 116 Å². The Kier molecular flexibility index (Phi) is 19.4. The lowest BCUT2D eigenvalue weighted by molar-refractivity contribution is 0.110. The molecule has 0 spiro atoms. The van der Waals surface area contributed by atoms with Gasteiger partial charge in [-0.2, -0.15) is 0 Å². The molecule has 0 rings (SSSR count). The summed E-state index contributed by atoms with van der Waals surface area (Å²) in [5, 5.41) is 19.0. The topological polar surface area (TPSA) is 43.7 Å². The normalized spacial score (nSPS) is 14.3. The van der Waals surface area contributed by atoms with Crippen LogP contribution in [0.1, 0.15) is 104 Å². The molecular weight excluding hydrogens is 334 g/mol. The molecule has 2 atom stereocenters. The summed E-state index contributed by atoms with van der Waals surface area (Å²) in [5.74, 6) is 0. The van der Waals surface area contributed by atoms with Crippen LogP contribution in [0, 0.1) is 0 Å². The van der Waals surface area contributed by atoms with Gasteiger partial charge in [-0.3, -0.25) is 0 Å². The standard InChI is InChI=1S/C24H47NO2/c1-4-5-6-7-8-9-10-11-12-13-14-15-16-17-18-19-20-25(21-23(2)26)22-24(3)27/h17-20,23-24,26-27H,4-16,21-22H2,1-3H3. The van der Waals surface area contributed by atoms with E-state index in [1.165, 1.54) is 77.0 Å². The van der Waals surface area contributed by atoms with Gasteiger partial charge in [0.25, 0.3) is 0 Å². The molecular formula is C24H47NO2. The Morgan fingerprint density at radius 1 is 0.667 bits per heavy atom. The van der Waals surface area contributed by atoms with Crippen molar-refractivity contribution in [1.29, 1.82) is 0 Å². The van der Waals surface area contributed by atoms with E-state index in [1.54, 1.807) is 13.8 Å². The monoisotopic (exact) mass is 381 g/mol. The molecule has 0 aromatic carbocycles. The summed E-state index contributed by atoms with van der Waals surface area (Å²) in [5.41, 5.74) is 0. The highest BCUT2D eigenvalue weighted by Gasteiger charge is 2.06. The second-order valence-electron chi connectivity index (χ2n) is 8.10. The molecule has 0 aromatic heterocycles. The Morgan fingerprint density at radius 3 is 1.56 bits per heavy atom. The van der Waals surface area contributed by atoms with Crippen molar-refractivity contribution >= 4 is 0 Å². The number of rotatable bonds is 19.